The number of carbonyl (C=O) groups excluding carboxylic acids is 1. The van der Waals surface area contributed by atoms with Gasteiger partial charge in [-0.2, -0.15) is 18.4 Å². The molecule has 10 heteroatoms. The maximum Gasteiger partial charge on any atom is 0.416 e. The molecule has 1 heterocycles. The molecule has 1 atom stereocenters. The summed E-state index contributed by atoms with van der Waals surface area (Å²) >= 11 is 3.21. The summed E-state index contributed by atoms with van der Waals surface area (Å²) in [5.41, 5.74) is -0.322. The van der Waals surface area contributed by atoms with Gasteiger partial charge in [0, 0.05) is 11.9 Å². The fraction of sp³-hybridized carbons (Fsp3) is 0.227. The van der Waals surface area contributed by atoms with Gasteiger partial charge in [0.15, 0.2) is 0 Å². The number of alkyl halides is 4. The zero-order valence-electron chi connectivity index (χ0n) is 16.7. The molecule has 0 bridgehead atoms. The summed E-state index contributed by atoms with van der Waals surface area (Å²) < 4.78 is 39.8. The molecular weight excluding hydrogens is 491 g/mol. The van der Waals surface area contributed by atoms with E-state index in [0.29, 0.717) is 11.1 Å². The van der Waals surface area contributed by atoms with Crippen LogP contribution in [0.5, 0.6) is 0 Å². The van der Waals surface area contributed by atoms with E-state index in [0.717, 1.165) is 17.0 Å². The first-order valence-corrected chi connectivity index (χ1v) is 10.6. The summed E-state index contributed by atoms with van der Waals surface area (Å²) in [6, 6.07) is 10.7. The summed E-state index contributed by atoms with van der Waals surface area (Å²) in [7, 11) is 0. The van der Waals surface area contributed by atoms with Crippen molar-refractivity contribution in [2.24, 2.45) is 0 Å². The number of aliphatic carboxylic acids is 1. The number of urea groups is 1. The number of nitrogens with zero attached hydrogens (tertiary/aromatic N) is 3. The van der Waals surface area contributed by atoms with Crippen molar-refractivity contribution >= 4 is 33.6 Å². The molecule has 2 aromatic carbocycles. The number of nitriles is 1. The standard InChI is InChI=1S/C22H17BrF3N3O3/c1-2-28-19(14-8-6-13(12-27)7-9-14)18(20(30)31)17(11-23)29(21(28)32)16-5-3-4-15(10-16)22(24,25)26/h3-10,19H,2,11H2,1H3,(H,30,31)/t19-/m1/s1. The Morgan fingerprint density at radius 2 is 1.88 bits per heavy atom. The Labute approximate surface area is 190 Å². The lowest BCUT2D eigenvalue weighted by molar-refractivity contribution is -0.137. The van der Waals surface area contributed by atoms with Gasteiger partial charge in [-0.05, 0) is 42.8 Å². The number of carboxylic acid groups (broad SMARTS) is 1. The average molecular weight is 508 g/mol. The summed E-state index contributed by atoms with van der Waals surface area (Å²) in [6.07, 6.45) is -4.63. The highest BCUT2D eigenvalue weighted by Crippen LogP contribution is 2.41. The molecule has 32 heavy (non-hydrogen) atoms. The van der Waals surface area contributed by atoms with Crippen LogP contribution in [0.25, 0.3) is 0 Å². The molecule has 0 radical (unpaired) electrons. The normalized spacial score (nSPS) is 16.9. The van der Waals surface area contributed by atoms with Crippen LogP contribution in [0.3, 0.4) is 0 Å². The highest BCUT2D eigenvalue weighted by Gasteiger charge is 2.43. The first-order valence-electron chi connectivity index (χ1n) is 9.44. The summed E-state index contributed by atoms with van der Waals surface area (Å²) in [4.78, 5) is 28.0. The van der Waals surface area contributed by atoms with Crippen LogP contribution in [0, 0.1) is 11.3 Å². The van der Waals surface area contributed by atoms with Gasteiger partial charge < -0.3 is 10.0 Å². The molecule has 0 aliphatic carbocycles. The van der Waals surface area contributed by atoms with Gasteiger partial charge in [0.2, 0.25) is 0 Å². The molecule has 0 spiro atoms. The summed E-state index contributed by atoms with van der Waals surface area (Å²) in [6.45, 7) is 1.75. The van der Waals surface area contributed by atoms with Crippen LogP contribution in [0.4, 0.5) is 23.7 Å². The Hall–Kier alpha value is -3.32. The van der Waals surface area contributed by atoms with Gasteiger partial charge >= 0.3 is 18.2 Å². The second kappa shape index (κ2) is 9.04. The van der Waals surface area contributed by atoms with Crippen molar-refractivity contribution in [3.63, 3.8) is 0 Å². The maximum absolute atomic E-state index is 13.4. The smallest absolute Gasteiger partial charge is 0.416 e. The highest BCUT2D eigenvalue weighted by molar-refractivity contribution is 9.09. The summed E-state index contributed by atoms with van der Waals surface area (Å²) in [5, 5.41) is 19.0. The summed E-state index contributed by atoms with van der Waals surface area (Å²) in [5.74, 6) is -1.31. The molecule has 0 saturated heterocycles. The van der Waals surface area contributed by atoms with Crippen LogP contribution in [0.1, 0.15) is 29.7 Å². The number of hydrogen-bond donors (Lipinski definition) is 1. The van der Waals surface area contributed by atoms with Crippen LogP contribution in [-0.2, 0) is 11.0 Å². The number of rotatable bonds is 5. The second-order valence-corrected chi connectivity index (χ2v) is 7.45. The van der Waals surface area contributed by atoms with Gasteiger partial charge in [-0.15, -0.1) is 0 Å². The fourth-order valence-corrected chi connectivity index (χ4v) is 4.21. The number of halogens is 4. The molecule has 6 nitrogen and oxygen atoms in total. The van der Waals surface area contributed by atoms with E-state index in [1.54, 1.807) is 19.1 Å². The largest absolute Gasteiger partial charge is 0.478 e. The highest BCUT2D eigenvalue weighted by atomic mass is 79.9. The van der Waals surface area contributed by atoms with Gasteiger partial charge in [-0.25, -0.2) is 9.59 Å². The Kier molecular flexibility index (Phi) is 6.60. The van der Waals surface area contributed by atoms with Crippen molar-refractivity contribution < 1.29 is 27.9 Å². The minimum atomic E-state index is -4.63. The second-order valence-electron chi connectivity index (χ2n) is 6.89. The van der Waals surface area contributed by atoms with Gasteiger partial charge in [0.1, 0.15) is 0 Å². The van der Waals surface area contributed by atoms with Crippen molar-refractivity contribution in [1.82, 2.24) is 4.90 Å². The lowest BCUT2D eigenvalue weighted by Gasteiger charge is -2.42. The molecule has 1 N–H and O–H groups in total. The number of benzene rings is 2. The van der Waals surface area contributed by atoms with E-state index >= 15 is 0 Å². The molecule has 0 fully saturated rings. The lowest BCUT2D eigenvalue weighted by atomic mass is 9.92. The number of carbonyl (C=O) groups is 2. The molecule has 166 valence electrons. The van der Waals surface area contributed by atoms with E-state index in [-0.39, 0.29) is 28.8 Å². The molecule has 1 aliphatic heterocycles. The third-order valence-corrected chi connectivity index (χ3v) is 5.62. The topological polar surface area (TPSA) is 84.6 Å². The average Bonchev–Trinajstić information content (AvgIpc) is 2.77. The number of carboxylic acids is 1. The predicted molar refractivity (Wildman–Crippen MR) is 114 cm³/mol. The monoisotopic (exact) mass is 507 g/mol. The van der Waals surface area contributed by atoms with Crippen molar-refractivity contribution in [2.75, 3.05) is 16.8 Å². The van der Waals surface area contributed by atoms with Crippen molar-refractivity contribution in [3.05, 3.63) is 76.5 Å². The van der Waals surface area contributed by atoms with E-state index in [1.807, 2.05) is 6.07 Å². The van der Waals surface area contributed by atoms with Crippen molar-refractivity contribution in [2.45, 2.75) is 19.1 Å². The molecule has 0 aromatic heterocycles. The van der Waals surface area contributed by atoms with Crippen LogP contribution in [0.15, 0.2) is 59.8 Å². The van der Waals surface area contributed by atoms with Crippen molar-refractivity contribution in [3.8, 4) is 6.07 Å². The zero-order chi connectivity index (χ0) is 23.6. The van der Waals surface area contributed by atoms with E-state index in [4.69, 9.17) is 5.26 Å². The van der Waals surface area contributed by atoms with Gasteiger partial charge in [0.25, 0.3) is 0 Å². The molecular formula is C22H17BrF3N3O3. The Morgan fingerprint density at radius 3 is 2.38 bits per heavy atom. The third kappa shape index (κ3) is 4.21. The van der Waals surface area contributed by atoms with E-state index in [1.165, 1.54) is 29.2 Å². The molecule has 1 aliphatic rings. The number of anilines is 1. The van der Waals surface area contributed by atoms with E-state index in [9.17, 15) is 27.9 Å². The maximum atomic E-state index is 13.4. The van der Waals surface area contributed by atoms with Gasteiger partial charge in [-0.1, -0.05) is 34.1 Å². The minimum absolute atomic E-state index is 0.0286. The number of likely N-dealkylation sites (N-methyl/N-ethyl adjacent to an activating group) is 1. The molecule has 0 saturated carbocycles. The Bertz CT molecular complexity index is 1120. The van der Waals surface area contributed by atoms with Crippen LogP contribution < -0.4 is 4.90 Å². The number of hydrogen-bond acceptors (Lipinski definition) is 3. The first-order chi connectivity index (χ1) is 15.1. The van der Waals surface area contributed by atoms with E-state index < -0.39 is 29.8 Å². The molecule has 3 rings (SSSR count). The SMILES string of the molecule is CCN1C(=O)N(c2cccc(C(F)(F)F)c2)C(CBr)=C(C(=O)O)[C@H]1c1ccc(C#N)cc1. The minimum Gasteiger partial charge on any atom is -0.478 e. The van der Waals surface area contributed by atoms with Gasteiger partial charge in [0.05, 0.1) is 40.2 Å². The van der Waals surface area contributed by atoms with Crippen LogP contribution >= 0.6 is 15.9 Å². The fourth-order valence-electron chi connectivity index (χ4n) is 3.65. The Balaban J connectivity index is 2.25. The van der Waals surface area contributed by atoms with Crippen molar-refractivity contribution in [1.29, 1.82) is 5.26 Å². The quantitative estimate of drug-likeness (QED) is 0.555. The van der Waals surface area contributed by atoms with Gasteiger partial charge in [-0.3, -0.25) is 4.90 Å². The third-order valence-electron chi connectivity index (χ3n) is 5.09. The predicted octanol–water partition coefficient (Wildman–Crippen LogP) is 5.31. The van der Waals surface area contributed by atoms with E-state index in [2.05, 4.69) is 15.9 Å². The molecule has 2 aromatic rings. The number of allylic oxidation sites excluding steroid dienone is 1. The number of amides is 2. The first kappa shape index (κ1) is 23.3. The lowest BCUT2D eigenvalue weighted by Crippen LogP contribution is -2.51. The molecule has 2 amide bonds. The molecule has 0 unspecified atom stereocenters. The zero-order valence-corrected chi connectivity index (χ0v) is 18.3. The Morgan fingerprint density at radius 1 is 1.22 bits per heavy atom. The van der Waals surface area contributed by atoms with Crippen LogP contribution in [-0.4, -0.2) is 33.9 Å². The van der Waals surface area contributed by atoms with Crippen LogP contribution in [0.2, 0.25) is 0 Å².